The Labute approximate surface area is 209 Å². The van der Waals surface area contributed by atoms with Gasteiger partial charge in [-0.2, -0.15) is 21.3 Å². The van der Waals surface area contributed by atoms with Crippen LogP contribution in [-0.4, -0.2) is 30.5 Å². The minimum Gasteiger partial charge on any atom is -0.368 e. The van der Waals surface area contributed by atoms with E-state index in [-0.39, 0.29) is 17.9 Å². The first-order valence-electron chi connectivity index (χ1n) is 12.7. The van der Waals surface area contributed by atoms with E-state index in [9.17, 15) is 0 Å². The molecule has 9 heteroatoms. The van der Waals surface area contributed by atoms with Gasteiger partial charge in [-0.25, -0.2) is 4.98 Å². The molecule has 0 amide bonds. The lowest BCUT2D eigenvalue weighted by atomic mass is 9.84. The van der Waals surface area contributed by atoms with Crippen LogP contribution in [0.3, 0.4) is 0 Å². The third kappa shape index (κ3) is 4.38. The number of hydrogen-bond acceptors (Lipinski definition) is 8. The van der Waals surface area contributed by atoms with Gasteiger partial charge in [0.2, 0.25) is 5.95 Å². The molecule has 0 spiro atoms. The standard InChI is InChI=1S/C26H32N8S/c27-20-8-4-3-7-19(20)24-31-22-23(32-26(28)33-25(22)34(24)18-5-1-2-6-18)30-14-16-9-10-21(29-13-16)17-11-12-35-15-17/h9-13,15,18-20H,1-8,14,27H2,(H3,28,30,32,33). The van der Waals surface area contributed by atoms with Gasteiger partial charge in [0.25, 0.3) is 0 Å². The summed E-state index contributed by atoms with van der Waals surface area (Å²) >= 11 is 1.68. The van der Waals surface area contributed by atoms with Gasteiger partial charge in [0.1, 0.15) is 5.82 Å². The minimum absolute atomic E-state index is 0.134. The van der Waals surface area contributed by atoms with Gasteiger partial charge >= 0.3 is 0 Å². The van der Waals surface area contributed by atoms with Gasteiger partial charge in [0.15, 0.2) is 17.0 Å². The topological polar surface area (TPSA) is 121 Å². The summed E-state index contributed by atoms with van der Waals surface area (Å²) in [6.07, 6.45) is 11.2. The summed E-state index contributed by atoms with van der Waals surface area (Å²) in [5.74, 6) is 2.27. The molecule has 4 aromatic rings. The number of pyridine rings is 1. The van der Waals surface area contributed by atoms with Gasteiger partial charge in [-0.15, -0.1) is 0 Å². The van der Waals surface area contributed by atoms with Crippen molar-refractivity contribution in [3.8, 4) is 11.3 Å². The molecule has 0 bridgehead atoms. The lowest BCUT2D eigenvalue weighted by Crippen LogP contribution is -2.33. The average molecular weight is 489 g/mol. The number of nitrogens with zero attached hydrogens (tertiary/aromatic N) is 5. The zero-order chi connectivity index (χ0) is 23.8. The van der Waals surface area contributed by atoms with Crippen molar-refractivity contribution in [2.75, 3.05) is 11.1 Å². The van der Waals surface area contributed by atoms with Gasteiger partial charge in [0.05, 0.1) is 5.69 Å². The van der Waals surface area contributed by atoms with Crippen molar-refractivity contribution in [3.63, 3.8) is 0 Å². The van der Waals surface area contributed by atoms with Crippen LogP contribution in [0.1, 0.15) is 74.7 Å². The molecule has 0 radical (unpaired) electrons. The Morgan fingerprint density at radius 1 is 1.00 bits per heavy atom. The molecule has 4 heterocycles. The number of nitrogens with two attached hydrogens (primary N) is 2. The molecule has 5 N–H and O–H groups in total. The van der Waals surface area contributed by atoms with E-state index in [1.807, 2.05) is 6.20 Å². The molecule has 2 aliphatic carbocycles. The van der Waals surface area contributed by atoms with Crippen molar-refractivity contribution < 1.29 is 0 Å². The van der Waals surface area contributed by atoms with Crippen LogP contribution in [-0.2, 0) is 6.54 Å². The second-order valence-electron chi connectivity index (χ2n) is 9.85. The fraction of sp³-hybridized carbons (Fsp3) is 0.462. The summed E-state index contributed by atoms with van der Waals surface area (Å²) in [5.41, 5.74) is 17.6. The van der Waals surface area contributed by atoms with Gasteiger partial charge in [0, 0.05) is 41.7 Å². The van der Waals surface area contributed by atoms with Gasteiger partial charge in [-0.3, -0.25) is 4.98 Å². The van der Waals surface area contributed by atoms with Crippen LogP contribution in [0, 0.1) is 0 Å². The molecule has 0 aliphatic heterocycles. The maximum Gasteiger partial charge on any atom is 0.224 e. The van der Waals surface area contributed by atoms with E-state index in [0.717, 1.165) is 59.5 Å². The maximum atomic E-state index is 6.61. The lowest BCUT2D eigenvalue weighted by Gasteiger charge is -2.29. The van der Waals surface area contributed by atoms with Crippen molar-refractivity contribution >= 4 is 34.3 Å². The zero-order valence-electron chi connectivity index (χ0n) is 19.9. The lowest BCUT2D eigenvalue weighted by molar-refractivity contribution is 0.354. The van der Waals surface area contributed by atoms with Crippen LogP contribution in [0.15, 0.2) is 35.2 Å². The monoisotopic (exact) mass is 488 g/mol. The first-order chi connectivity index (χ1) is 17.2. The van der Waals surface area contributed by atoms with E-state index in [0.29, 0.717) is 18.4 Å². The highest BCUT2D eigenvalue weighted by atomic mass is 32.1. The van der Waals surface area contributed by atoms with Gasteiger partial charge in [-0.1, -0.05) is 31.7 Å². The smallest absolute Gasteiger partial charge is 0.224 e. The molecule has 2 saturated carbocycles. The molecule has 8 nitrogen and oxygen atoms in total. The van der Waals surface area contributed by atoms with Crippen LogP contribution in [0.25, 0.3) is 22.4 Å². The summed E-state index contributed by atoms with van der Waals surface area (Å²) in [7, 11) is 0. The van der Waals surface area contributed by atoms with E-state index < -0.39 is 0 Å². The summed E-state index contributed by atoms with van der Waals surface area (Å²) in [4.78, 5) is 19.0. The highest BCUT2D eigenvalue weighted by Crippen LogP contribution is 2.40. The Morgan fingerprint density at radius 2 is 1.83 bits per heavy atom. The number of hydrogen-bond donors (Lipinski definition) is 3. The van der Waals surface area contributed by atoms with E-state index in [1.165, 1.54) is 25.7 Å². The quantitative estimate of drug-likeness (QED) is 0.339. The SMILES string of the molecule is Nc1nc(NCc2ccc(-c3ccsc3)nc2)c2nc(C3CCCCC3N)n(C3CCCC3)c2n1. The molecule has 35 heavy (non-hydrogen) atoms. The second-order valence-corrected chi connectivity index (χ2v) is 10.6. The molecule has 4 aromatic heterocycles. The van der Waals surface area contributed by atoms with Crippen molar-refractivity contribution in [1.29, 1.82) is 0 Å². The largest absolute Gasteiger partial charge is 0.368 e. The Kier molecular flexibility index (Phi) is 6.12. The number of nitrogen functional groups attached to an aromatic ring is 1. The van der Waals surface area contributed by atoms with E-state index in [2.05, 4.69) is 48.8 Å². The Hall–Kier alpha value is -3.04. The number of rotatable bonds is 6. The molecular weight excluding hydrogens is 456 g/mol. The van der Waals surface area contributed by atoms with Crippen molar-refractivity contribution in [3.05, 3.63) is 46.5 Å². The summed E-state index contributed by atoms with van der Waals surface area (Å²) in [6.45, 7) is 0.580. The number of aromatic nitrogens is 5. The third-order valence-corrected chi connectivity index (χ3v) is 8.21. The molecule has 2 aliphatic rings. The molecule has 182 valence electrons. The molecular formula is C26H32N8S. The predicted octanol–water partition coefficient (Wildman–Crippen LogP) is 5.24. The third-order valence-electron chi connectivity index (χ3n) is 7.53. The molecule has 6 rings (SSSR count). The first-order valence-corrected chi connectivity index (χ1v) is 13.6. The summed E-state index contributed by atoms with van der Waals surface area (Å²) < 4.78 is 2.36. The number of nitrogens with one attached hydrogen (secondary N) is 1. The fourth-order valence-electron chi connectivity index (χ4n) is 5.69. The number of fused-ring (bicyclic) bond motifs is 1. The second kappa shape index (κ2) is 9.54. The Bertz CT molecular complexity index is 1290. The molecule has 2 unspecified atom stereocenters. The summed E-state index contributed by atoms with van der Waals surface area (Å²) in [5, 5.41) is 7.64. The van der Waals surface area contributed by atoms with Crippen LogP contribution < -0.4 is 16.8 Å². The van der Waals surface area contributed by atoms with Crippen molar-refractivity contribution in [2.45, 2.75) is 75.9 Å². The number of imidazole rings is 1. The summed E-state index contributed by atoms with van der Waals surface area (Å²) in [6, 6.07) is 6.77. The van der Waals surface area contributed by atoms with E-state index in [4.69, 9.17) is 21.4 Å². The van der Waals surface area contributed by atoms with E-state index >= 15 is 0 Å². The van der Waals surface area contributed by atoms with Crippen LogP contribution in [0.2, 0.25) is 0 Å². The zero-order valence-corrected chi connectivity index (χ0v) is 20.7. The van der Waals surface area contributed by atoms with E-state index in [1.54, 1.807) is 11.3 Å². The molecule has 2 fully saturated rings. The van der Waals surface area contributed by atoms with Crippen LogP contribution in [0.4, 0.5) is 11.8 Å². The predicted molar refractivity (Wildman–Crippen MR) is 141 cm³/mol. The number of anilines is 2. The molecule has 0 saturated heterocycles. The highest BCUT2D eigenvalue weighted by Gasteiger charge is 2.33. The van der Waals surface area contributed by atoms with Crippen LogP contribution in [0.5, 0.6) is 0 Å². The Balaban J connectivity index is 1.34. The van der Waals surface area contributed by atoms with Gasteiger partial charge in [-0.05, 0) is 48.8 Å². The average Bonchev–Trinajstić information content (AvgIpc) is 3.64. The first kappa shape index (κ1) is 22.4. The normalized spacial score (nSPS) is 21.1. The maximum absolute atomic E-state index is 6.61. The molecule has 2 atom stereocenters. The molecule has 0 aromatic carbocycles. The van der Waals surface area contributed by atoms with Crippen molar-refractivity contribution in [1.82, 2.24) is 24.5 Å². The van der Waals surface area contributed by atoms with Gasteiger partial charge < -0.3 is 21.4 Å². The Morgan fingerprint density at radius 3 is 2.57 bits per heavy atom. The van der Waals surface area contributed by atoms with Crippen LogP contribution >= 0.6 is 11.3 Å². The minimum atomic E-state index is 0.134. The number of thiophene rings is 1. The highest BCUT2D eigenvalue weighted by molar-refractivity contribution is 7.08. The fourth-order valence-corrected chi connectivity index (χ4v) is 6.34. The van der Waals surface area contributed by atoms with Crippen molar-refractivity contribution in [2.24, 2.45) is 5.73 Å².